The number of benzene rings is 3. The van der Waals surface area contributed by atoms with Gasteiger partial charge in [-0.1, -0.05) is 90.3 Å². The van der Waals surface area contributed by atoms with Crippen LogP contribution in [0.1, 0.15) is 65.2 Å². The summed E-state index contributed by atoms with van der Waals surface area (Å²) in [6, 6.07) is 29.6. The zero-order valence-corrected chi connectivity index (χ0v) is 26.2. The monoisotopic (exact) mass is 538 g/mol. The van der Waals surface area contributed by atoms with Gasteiger partial charge < -0.3 is 0 Å². The van der Waals surface area contributed by atoms with Crippen molar-refractivity contribution in [1.82, 2.24) is 0 Å². The topological polar surface area (TPSA) is 0 Å². The molecule has 0 amide bonds. The molecule has 198 valence electrons. The van der Waals surface area contributed by atoms with Gasteiger partial charge in [0.05, 0.1) is 0 Å². The molecule has 4 atom stereocenters. The van der Waals surface area contributed by atoms with E-state index in [1.807, 2.05) is 91.0 Å². The normalized spacial score (nSPS) is 21.4. The fourth-order valence-corrected chi connectivity index (χ4v) is 5.11. The van der Waals surface area contributed by atoms with Crippen molar-refractivity contribution >= 4 is 0 Å². The Hall–Kier alpha value is -2.67. The summed E-state index contributed by atoms with van der Waals surface area (Å²) in [5.74, 6) is 4.58. The van der Waals surface area contributed by atoms with Gasteiger partial charge in [0.1, 0.15) is 0 Å². The van der Waals surface area contributed by atoms with E-state index in [1.54, 1.807) is 28.2 Å². The third-order valence-corrected chi connectivity index (χ3v) is 8.04. The summed E-state index contributed by atoms with van der Waals surface area (Å²) in [6.45, 7) is 27.7. The molecule has 38 heavy (non-hydrogen) atoms. The maximum absolute atomic E-state index is 3.72. The van der Waals surface area contributed by atoms with Crippen LogP contribution in [0.25, 0.3) is 0 Å². The molecule has 2 aliphatic carbocycles. The molecular weight excluding hydrogens is 492 g/mol. The second-order valence-corrected chi connectivity index (χ2v) is 10.4. The molecule has 0 aliphatic heterocycles. The first-order valence-electron chi connectivity index (χ1n) is 13.4. The first kappa shape index (κ1) is 33.4. The van der Waals surface area contributed by atoms with Crippen LogP contribution in [-0.2, 0) is 21.7 Å². The third-order valence-electron chi connectivity index (χ3n) is 8.04. The zero-order chi connectivity index (χ0) is 27.5. The van der Waals surface area contributed by atoms with Crippen molar-refractivity contribution in [3.05, 3.63) is 157 Å². The van der Waals surface area contributed by atoms with Crippen molar-refractivity contribution in [2.75, 3.05) is 0 Å². The first-order valence-corrected chi connectivity index (χ1v) is 13.4. The van der Waals surface area contributed by atoms with Crippen LogP contribution in [0.4, 0.5) is 0 Å². The van der Waals surface area contributed by atoms with E-state index in [1.165, 1.54) is 0 Å². The van der Waals surface area contributed by atoms with E-state index in [9.17, 15) is 0 Å². The smallest absolute Gasteiger partial charge is 0.199 e. The van der Waals surface area contributed by atoms with Crippen LogP contribution in [0.15, 0.2) is 113 Å². The van der Waals surface area contributed by atoms with E-state index in [-0.39, 0.29) is 21.7 Å². The molecule has 0 aromatic heterocycles. The van der Waals surface area contributed by atoms with Crippen molar-refractivity contribution in [3.8, 4) is 0 Å². The van der Waals surface area contributed by atoms with Crippen molar-refractivity contribution in [3.63, 3.8) is 0 Å². The Morgan fingerprint density at radius 2 is 0.947 bits per heavy atom. The number of hydrogen-bond acceptors (Lipinski definition) is 0. The molecule has 0 fully saturated rings. The fraction of sp³-hybridized carbons (Fsp3) is 0.297. The van der Waals surface area contributed by atoms with Crippen molar-refractivity contribution in [2.24, 2.45) is 23.7 Å². The summed E-state index contributed by atoms with van der Waals surface area (Å²) in [5, 5.41) is 0. The molecule has 0 spiro atoms. The minimum atomic E-state index is 0. The summed E-state index contributed by atoms with van der Waals surface area (Å²) >= 11 is 0. The molecule has 0 bridgehead atoms. The van der Waals surface area contributed by atoms with Crippen LogP contribution in [0.5, 0.6) is 0 Å². The SMILES string of the molecule is CC1=C(C)C(C)C2=C1[C-](C)C(C)C(C)C2C.[CH2-]c1ccccc1.[CH2-]c1ccccc1.[CH2-]c1ccccc1.[Ti+4]. The maximum atomic E-state index is 3.72. The zero-order valence-electron chi connectivity index (χ0n) is 24.6. The fourth-order valence-electron chi connectivity index (χ4n) is 5.11. The second-order valence-electron chi connectivity index (χ2n) is 10.4. The molecule has 0 saturated heterocycles. The molecule has 3 aromatic rings. The summed E-state index contributed by atoms with van der Waals surface area (Å²) in [6.07, 6.45) is 0. The molecule has 0 N–H and O–H groups in total. The Kier molecular flexibility index (Phi) is 14.3. The Morgan fingerprint density at radius 3 is 1.24 bits per heavy atom. The largest absolute Gasteiger partial charge is 4.00 e. The van der Waals surface area contributed by atoms with Gasteiger partial charge in [0, 0.05) is 0 Å². The van der Waals surface area contributed by atoms with Gasteiger partial charge >= 0.3 is 21.7 Å². The molecule has 0 heterocycles. The minimum absolute atomic E-state index is 0. The summed E-state index contributed by atoms with van der Waals surface area (Å²) < 4.78 is 0. The Morgan fingerprint density at radius 1 is 0.605 bits per heavy atom. The van der Waals surface area contributed by atoms with Crippen molar-refractivity contribution in [1.29, 1.82) is 0 Å². The van der Waals surface area contributed by atoms with E-state index >= 15 is 0 Å². The third kappa shape index (κ3) is 9.26. The Labute approximate surface area is 249 Å². The summed E-state index contributed by atoms with van der Waals surface area (Å²) in [4.78, 5) is 0. The van der Waals surface area contributed by atoms with Crippen LogP contribution in [0.3, 0.4) is 0 Å². The average Bonchev–Trinajstić information content (AvgIpc) is 3.13. The van der Waals surface area contributed by atoms with E-state index < -0.39 is 0 Å². The van der Waals surface area contributed by atoms with E-state index in [0.717, 1.165) is 34.4 Å². The summed E-state index contributed by atoms with van der Waals surface area (Å²) in [7, 11) is 0. The average molecular weight is 539 g/mol. The quantitative estimate of drug-likeness (QED) is 0.197. The van der Waals surface area contributed by atoms with Gasteiger partial charge in [-0.25, -0.2) is 0 Å². The molecule has 2 aliphatic rings. The van der Waals surface area contributed by atoms with Gasteiger partial charge in [-0.2, -0.15) is 96.5 Å². The predicted molar refractivity (Wildman–Crippen MR) is 164 cm³/mol. The molecule has 1 heteroatoms. The summed E-state index contributed by atoms with van der Waals surface area (Å²) in [5.41, 5.74) is 9.72. The molecule has 0 radical (unpaired) electrons. The minimum Gasteiger partial charge on any atom is -0.199 e. The van der Waals surface area contributed by atoms with E-state index in [0.29, 0.717) is 5.92 Å². The van der Waals surface area contributed by atoms with Gasteiger partial charge in [-0.05, 0) is 0 Å². The molecule has 0 nitrogen and oxygen atoms in total. The second kappa shape index (κ2) is 16.3. The van der Waals surface area contributed by atoms with Crippen LogP contribution < -0.4 is 0 Å². The van der Waals surface area contributed by atoms with Crippen LogP contribution in [-0.4, -0.2) is 0 Å². The van der Waals surface area contributed by atoms with Gasteiger partial charge in [0.25, 0.3) is 0 Å². The molecule has 5 rings (SSSR count). The standard InChI is InChI=1S/C16H25.3C7H7.Ti/c1-8-9(2)12(5)16-14(7)10(3)13(6)15(16)11(8)4;3*1-7-5-3-2-4-6-7;/h8-9,11,13H,1-7H3;3*2-6H,1H2;/q4*-1;+4. The number of allylic oxidation sites excluding steroid dienone is 4. The Balaban J connectivity index is 0.000000276. The van der Waals surface area contributed by atoms with Crippen LogP contribution in [0, 0.1) is 50.4 Å². The molecular formula is C37H46Ti. The van der Waals surface area contributed by atoms with Gasteiger partial charge in [0.2, 0.25) is 0 Å². The van der Waals surface area contributed by atoms with Gasteiger partial charge in [0.15, 0.2) is 0 Å². The van der Waals surface area contributed by atoms with Gasteiger partial charge in [-0.15, -0.1) is 42.0 Å². The van der Waals surface area contributed by atoms with Gasteiger partial charge in [-0.3, -0.25) is 0 Å². The number of hydrogen-bond donors (Lipinski definition) is 0. The van der Waals surface area contributed by atoms with Crippen LogP contribution in [0.2, 0.25) is 0 Å². The van der Waals surface area contributed by atoms with Crippen LogP contribution >= 0.6 is 0 Å². The Bertz CT molecular complexity index is 1040. The van der Waals surface area contributed by atoms with E-state index in [4.69, 9.17) is 0 Å². The molecule has 0 saturated carbocycles. The van der Waals surface area contributed by atoms with E-state index in [2.05, 4.69) is 69.2 Å². The number of rotatable bonds is 0. The van der Waals surface area contributed by atoms with Crippen molar-refractivity contribution in [2.45, 2.75) is 48.5 Å². The molecule has 4 unspecified atom stereocenters. The first-order chi connectivity index (χ1) is 17.6. The van der Waals surface area contributed by atoms with Crippen molar-refractivity contribution < 1.29 is 21.7 Å². The molecule has 3 aromatic carbocycles. The maximum Gasteiger partial charge on any atom is 4.00 e. The predicted octanol–water partition coefficient (Wildman–Crippen LogP) is 10.4.